The lowest BCUT2D eigenvalue weighted by molar-refractivity contribution is -0.129. The van der Waals surface area contributed by atoms with Crippen molar-refractivity contribution in [3.8, 4) is 0 Å². The monoisotopic (exact) mass is 151 g/mol. The molecular weight excluding hydrogens is 138 g/mol. The molecule has 1 saturated heterocycles. The van der Waals surface area contributed by atoms with Gasteiger partial charge in [0.25, 0.3) is 0 Å². The quantitative estimate of drug-likeness (QED) is 0.560. The van der Waals surface area contributed by atoms with Crippen LogP contribution < -0.4 is 0 Å². The van der Waals surface area contributed by atoms with Crippen LogP contribution in [0.3, 0.4) is 0 Å². The van der Waals surface area contributed by atoms with Crippen molar-refractivity contribution in [3.63, 3.8) is 0 Å². The van der Waals surface area contributed by atoms with Gasteiger partial charge in [0.15, 0.2) is 0 Å². The maximum Gasteiger partial charge on any atom is 0.230 e. The summed E-state index contributed by atoms with van der Waals surface area (Å²) in [5.74, 6) is 0.522. The van der Waals surface area contributed by atoms with Crippen molar-refractivity contribution in [2.45, 2.75) is 19.8 Å². The number of hydrogen-bond donors (Lipinski definition) is 0. The normalized spacial score (nSPS) is 25.5. The summed E-state index contributed by atoms with van der Waals surface area (Å²) in [7, 11) is 0. The zero-order valence-corrected chi connectivity index (χ0v) is 6.84. The minimum atomic E-state index is 0.114. The van der Waals surface area contributed by atoms with E-state index in [2.05, 4.69) is 20.1 Å². The fraction of sp³-hybridized carbons (Fsp3) is 0.444. The third-order valence-corrected chi connectivity index (χ3v) is 2.12. The minimum Gasteiger partial charge on any atom is -0.293 e. The summed E-state index contributed by atoms with van der Waals surface area (Å²) in [5.41, 5.74) is 0.872. The van der Waals surface area contributed by atoms with E-state index in [9.17, 15) is 4.79 Å². The maximum absolute atomic E-state index is 11.2. The predicted octanol–water partition coefficient (Wildman–Crippen LogP) is 1.90. The number of amides is 1. The molecule has 1 rings (SSSR count). The molecule has 0 aliphatic carbocycles. The highest BCUT2D eigenvalue weighted by Gasteiger charge is 2.24. The number of nitrogens with zero attached hydrogens (tertiary/aromatic N) is 1. The van der Waals surface area contributed by atoms with Gasteiger partial charge in [0.1, 0.15) is 0 Å². The molecule has 0 aromatic heterocycles. The Balaban J connectivity index is 2.79. The van der Waals surface area contributed by atoms with Crippen molar-refractivity contribution >= 4 is 5.91 Å². The summed E-state index contributed by atoms with van der Waals surface area (Å²) in [6.07, 6.45) is 3.08. The van der Waals surface area contributed by atoms with Gasteiger partial charge in [-0.15, -0.1) is 0 Å². The topological polar surface area (TPSA) is 20.3 Å². The fourth-order valence-electron chi connectivity index (χ4n) is 1.24. The first kappa shape index (κ1) is 8.05. The van der Waals surface area contributed by atoms with Crippen LogP contribution in [0.5, 0.6) is 0 Å². The molecule has 1 aliphatic heterocycles. The molecule has 0 aromatic carbocycles. The van der Waals surface area contributed by atoms with E-state index < -0.39 is 0 Å². The molecule has 0 bridgehead atoms. The van der Waals surface area contributed by atoms with Crippen LogP contribution in [0.1, 0.15) is 19.8 Å². The van der Waals surface area contributed by atoms with E-state index in [1.54, 1.807) is 11.1 Å². The SMILES string of the molecule is C=CN1C(=C)C(C)CCC1=O. The standard InChI is InChI=1S/C9H13NO/c1-4-10-8(3)7(2)5-6-9(10)11/h4,7H,1,3,5-6H2,2H3. The highest BCUT2D eigenvalue weighted by molar-refractivity contribution is 5.80. The molecule has 11 heavy (non-hydrogen) atoms. The number of carbonyl (C=O) groups is 1. The summed E-state index contributed by atoms with van der Waals surface area (Å²) >= 11 is 0. The van der Waals surface area contributed by atoms with E-state index in [-0.39, 0.29) is 5.91 Å². The minimum absolute atomic E-state index is 0.114. The molecule has 0 N–H and O–H groups in total. The van der Waals surface area contributed by atoms with Gasteiger partial charge in [-0.2, -0.15) is 0 Å². The van der Waals surface area contributed by atoms with E-state index in [0.29, 0.717) is 12.3 Å². The molecule has 1 heterocycles. The molecular formula is C9H13NO. The van der Waals surface area contributed by atoms with Gasteiger partial charge in [-0.05, 0) is 12.3 Å². The molecule has 0 spiro atoms. The van der Waals surface area contributed by atoms with E-state index in [1.807, 2.05) is 0 Å². The Morgan fingerprint density at radius 3 is 2.82 bits per heavy atom. The lowest BCUT2D eigenvalue weighted by Crippen LogP contribution is -2.32. The van der Waals surface area contributed by atoms with Gasteiger partial charge in [0, 0.05) is 18.3 Å². The third-order valence-electron chi connectivity index (χ3n) is 2.12. The van der Waals surface area contributed by atoms with Crippen molar-refractivity contribution in [1.29, 1.82) is 0 Å². The van der Waals surface area contributed by atoms with E-state index in [4.69, 9.17) is 0 Å². The van der Waals surface area contributed by atoms with E-state index in [1.165, 1.54) is 0 Å². The van der Waals surface area contributed by atoms with Crippen LogP contribution in [-0.4, -0.2) is 10.8 Å². The van der Waals surface area contributed by atoms with Gasteiger partial charge in [0.05, 0.1) is 0 Å². The number of carbonyl (C=O) groups excluding carboxylic acids is 1. The van der Waals surface area contributed by atoms with Crippen LogP contribution in [0.25, 0.3) is 0 Å². The molecule has 0 aromatic rings. The van der Waals surface area contributed by atoms with Crippen molar-refractivity contribution in [2.75, 3.05) is 0 Å². The number of rotatable bonds is 1. The van der Waals surface area contributed by atoms with Crippen molar-refractivity contribution in [3.05, 3.63) is 25.1 Å². The molecule has 1 unspecified atom stereocenters. The molecule has 1 amide bonds. The lowest BCUT2D eigenvalue weighted by Gasteiger charge is -2.30. The zero-order valence-electron chi connectivity index (χ0n) is 6.84. The van der Waals surface area contributed by atoms with Crippen molar-refractivity contribution in [2.24, 2.45) is 5.92 Å². The summed E-state index contributed by atoms with van der Waals surface area (Å²) in [6.45, 7) is 9.47. The first-order chi connectivity index (χ1) is 5.16. The molecule has 0 saturated carbocycles. The molecule has 2 nitrogen and oxygen atoms in total. The second kappa shape index (κ2) is 2.91. The van der Waals surface area contributed by atoms with Crippen LogP contribution in [0.15, 0.2) is 25.1 Å². The fourth-order valence-corrected chi connectivity index (χ4v) is 1.24. The van der Waals surface area contributed by atoms with E-state index >= 15 is 0 Å². The average Bonchev–Trinajstić information content (AvgIpc) is 1.99. The molecule has 0 radical (unpaired) electrons. The van der Waals surface area contributed by atoms with Gasteiger partial charge in [-0.1, -0.05) is 20.1 Å². The Bertz CT molecular complexity index is 208. The van der Waals surface area contributed by atoms with Gasteiger partial charge < -0.3 is 0 Å². The van der Waals surface area contributed by atoms with Crippen LogP contribution >= 0.6 is 0 Å². The van der Waals surface area contributed by atoms with Crippen LogP contribution in [-0.2, 0) is 4.79 Å². The van der Waals surface area contributed by atoms with Gasteiger partial charge in [-0.25, -0.2) is 0 Å². The van der Waals surface area contributed by atoms with Gasteiger partial charge >= 0.3 is 0 Å². The Hall–Kier alpha value is -1.05. The predicted molar refractivity (Wildman–Crippen MR) is 44.6 cm³/mol. The Labute approximate surface area is 67.2 Å². The van der Waals surface area contributed by atoms with Crippen LogP contribution in [0.4, 0.5) is 0 Å². The second-order valence-electron chi connectivity index (χ2n) is 2.88. The van der Waals surface area contributed by atoms with E-state index in [0.717, 1.165) is 12.1 Å². The largest absolute Gasteiger partial charge is 0.293 e. The van der Waals surface area contributed by atoms with Crippen LogP contribution in [0.2, 0.25) is 0 Å². The molecule has 60 valence electrons. The zero-order chi connectivity index (χ0) is 8.43. The average molecular weight is 151 g/mol. The number of likely N-dealkylation sites (tertiary alicyclic amines) is 1. The lowest BCUT2D eigenvalue weighted by atomic mass is 9.97. The van der Waals surface area contributed by atoms with Crippen molar-refractivity contribution in [1.82, 2.24) is 4.90 Å². The summed E-state index contributed by atoms with van der Waals surface area (Å²) < 4.78 is 0. The summed E-state index contributed by atoms with van der Waals surface area (Å²) in [4.78, 5) is 12.7. The maximum atomic E-state index is 11.2. The van der Waals surface area contributed by atoms with Gasteiger partial charge in [0.2, 0.25) is 5.91 Å². The molecule has 1 fully saturated rings. The Kier molecular flexibility index (Phi) is 2.13. The second-order valence-corrected chi connectivity index (χ2v) is 2.88. The number of hydrogen-bond acceptors (Lipinski definition) is 1. The smallest absolute Gasteiger partial charge is 0.230 e. The number of piperidine rings is 1. The molecule has 1 aliphatic rings. The Morgan fingerprint density at radius 1 is 1.73 bits per heavy atom. The highest BCUT2D eigenvalue weighted by atomic mass is 16.2. The van der Waals surface area contributed by atoms with Crippen molar-refractivity contribution < 1.29 is 4.79 Å². The first-order valence-corrected chi connectivity index (χ1v) is 3.80. The molecule has 2 heteroatoms. The summed E-state index contributed by atoms with van der Waals surface area (Å²) in [5, 5.41) is 0. The molecule has 1 atom stereocenters. The summed E-state index contributed by atoms with van der Waals surface area (Å²) in [6, 6.07) is 0. The number of allylic oxidation sites excluding steroid dienone is 1. The van der Waals surface area contributed by atoms with Crippen LogP contribution in [0, 0.1) is 5.92 Å². The highest BCUT2D eigenvalue weighted by Crippen LogP contribution is 2.25. The first-order valence-electron chi connectivity index (χ1n) is 3.80. The Morgan fingerprint density at radius 2 is 2.36 bits per heavy atom. The third kappa shape index (κ3) is 1.34. The van der Waals surface area contributed by atoms with Gasteiger partial charge in [-0.3, -0.25) is 9.69 Å².